The summed E-state index contributed by atoms with van der Waals surface area (Å²) in [5.41, 5.74) is 0.701. The molecule has 0 aliphatic carbocycles. The Balaban J connectivity index is 2.02. The van der Waals surface area contributed by atoms with Crippen molar-refractivity contribution in [2.45, 2.75) is 31.6 Å². The lowest BCUT2D eigenvalue weighted by Gasteiger charge is -2.25. The van der Waals surface area contributed by atoms with E-state index in [0.29, 0.717) is 22.3 Å². The molecule has 130 valence electrons. The quantitative estimate of drug-likeness (QED) is 0.798. The molecule has 1 aromatic carbocycles. The summed E-state index contributed by atoms with van der Waals surface area (Å²) in [4.78, 5) is 18.4. The summed E-state index contributed by atoms with van der Waals surface area (Å²) in [6.45, 7) is 3.79. The van der Waals surface area contributed by atoms with Crippen LogP contribution in [-0.2, 0) is 14.6 Å². The average molecular weight is 387 g/mol. The van der Waals surface area contributed by atoms with Gasteiger partial charge in [0.1, 0.15) is 0 Å². The number of amidine groups is 1. The molecule has 24 heavy (non-hydrogen) atoms. The molecule has 3 atom stereocenters. The van der Waals surface area contributed by atoms with Gasteiger partial charge in [-0.25, -0.2) is 8.42 Å². The summed E-state index contributed by atoms with van der Waals surface area (Å²) in [6, 6.07) is 7.02. The van der Waals surface area contributed by atoms with E-state index in [9.17, 15) is 13.2 Å². The maximum absolute atomic E-state index is 12.3. The Bertz CT molecular complexity index is 794. The summed E-state index contributed by atoms with van der Waals surface area (Å²) < 4.78 is 24.0. The molecule has 2 aliphatic rings. The number of hydrogen-bond donors (Lipinski definition) is 0. The molecule has 3 rings (SSSR count). The molecule has 0 bridgehead atoms. The van der Waals surface area contributed by atoms with E-state index in [1.807, 2.05) is 36.9 Å². The average Bonchev–Trinajstić information content (AvgIpc) is 2.98. The summed E-state index contributed by atoms with van der Waals surface area (Å²) in [7, 11) is -3.08. The van der Waals surface area contributed by atoms with Crippen LogP contribution >= 0.6 is 23.4 Å². The molecular formula is C16H19ClN2O3S2. The SMILES string of the molecule is CC[C@@H](C)C(=O)N=C1S[C@H]2CS(=O)(=O)C[C@H]2N1c1ccccc1Cl. The molecule has 8 heteroatoms. The Morgan fingerprint density at radius 2 is 2.12 bits per heavy atom. The number of rotatable bonds is 3. The number of thioether (sulfide) groups is 1. The van der Waals surface area contributed by atoms with Gasteiger partial charge in [0.05, 0.1) is 28.3 Å². The fourth-order valence-electron chi connectivity index (χ4n) is 2.87. The van der Waals surface area contributed by atoms with E-state index in [1.165, 1.54) is 11.8 Å². The number of amides is 1. The molecule has 0 unspecified atom stereocenters. The predicted octanol–water partition coefficient (Wildman–Crippen LogP) is 2.99. The van der Waals surface area contributed by atoms with Crippen LogP contribution in [0.4, 0.5) is 5.69 Å². The standard InChI is InChI=1S/C16H19ClN2O3S2/c1-3-10(2)15(20)18-16-19(12-7-5-4-6-11(12)17)13-8-24(21,22)9-14(13)23-16/h4-7,10,13-14H,3,8-9H2,1-2H3/t10-,13-,14+/m1/s1. The minimum Gasteiger partial charge on any atom is -0.314 e. The topological polar surface area (TPSA) is 66.8 Å². The molecule has 0 aromatic heterocycles. The van der Waals surface area contributed by atoms with E-state index in [1.54, 1.807) is 6.07 Å². The first kappa shape index (κ1) is 17.8. The minimum atomic E-state index is -3.08. The summed E-state index contributed by atoms with van der Waals surface area (Å²) in [5, 5.41) is 0.958. The van der Waals surface area contributed by atoms with Crippen molar-refractivity contribution in [3.8, 4) is 0 Å². The highest BCUT2D eigenvalue weighted by molar-refractivity contribution is 8.16. The highest BCUT2D eigenvalue weighted by atomic mass is 35.5. The van der Waals surface area contributed by atoms with Crippen LogP contribution in [0.1, 0.15) is 20.3 Å². The number of aliphatic imine (C=N–C) groups is 1. The highest BCUT2D eigenvalue weighted by Crippen LogP contribution is 2.43. The Labute approximate surface area is 151 Å². The molecule has 0 N–H and O–H groups in total. The van der Waals surface area contributed by atoms with E-state index < -0.39 is 9.84 Å². The van der Waals surface area contributed by atoms with E-state index in [-0.39, 0.29) is 34.6 Å². The van der Waals surface area contributed by atoms with Gasteiger partial charge in [-0.1, -0.05) is 49.3 Å². The number of hydrogen-bond acceptors (Lipinski definition) is 4. The Morgan fingerprint density at radius 3 is 2.79 bits per heavy atom. The number of nitrogens with zero attached hydrogens (tertiary/aromatic N) is 2. The number of para-hydroxylation sites is 1. The van der Waals surface area contributed by atoms with E-state index in [4.69, 9.17) is 11.6 Å². The van der Waals surface area contributed by atoms with Gasteiger partial charge in [-0.3, -0.25) is 4.79 Å². The number of carbonyl (C=O) groups excluding carboxylic acids is 1. The van der Waals surface area contributed by atoms with Crippen LogP contribution in [0.15, 0.2) is 29.3 Å². The van der Waals surface area contributed by atoms with Gasteiger partial charge in [-0.15, -0.1) is 0 Å². The maximum Gasteiger partial charge on any atom is 0.250 e. The third kappa shape index (κ3) is 3.34. The monoisotopic (exact) mass is 386 g/mol. The molecule has 0 spiro atoms. The normalized spacial score (nSPS) is 28.1. The van der Waals surface area contributed by atoms with Gasteiger partial charge in [0.15, 0.2) is 15.0 Å². The first-order valence-electron chi connectivity index (χ1n) is 7.85. The smallest absolute Gasteiger partial charge is 0.250 e. The van der Waals surface area contributed by atoms with Gasteiger partial charge < -0.3 is 4.90 Å². The van der Waals surface area contributed by atoms with Gasteiger partial charge in [0.25, 0.3) is 5.91 Å². The molecule has 5 nitrogen and oxygen atoms in total. The zero-order chi connectivity index (χ0) is 17.5. The number of fused-ring (bicyclic) bond motifs is 1. The predicted molar refractivity (Wildman–Crippen MR) is 99.6 cm³/mol. The summed E-state index contributed by atoms with van der Waals surface area (Å²) in [6.07, 6.45) is 0.716. The molecule has 0 radical (unpaired) electrons. The van der Waals surface area contributed by atoms with E-state index in [0.717, 1.165) is 0 Å². The van der Waals surface area contributed by atoms with Gasteiger partial charge in [-0.2, -0.15) is 4.99 Å². The molecule has 2 fully saturated rings. The van der Waals surface area contributed by atoms with E-state index in [2.05, 4.69) is 4.99 Å². The second kappa shape index (κ2) is 6.69. The number of carbonyl (C=O) groups is 1. The van der Waals surface area contributed by atoms with Crippen molar-refractivity contribution in [2.75, 3.05) is 16.4 Å². The van der Waals surface area contributed by atoms with Crippen LogP contribution in [0.3, 0.4) is 0 Å². The van der Waals surface area contributed by atoms with Crippen LogP contribution in [0, 0.1) is 5.92 Å². The van der Waals surface area contributed by atoms with Crippen molar-refractivity contribution in [2.24, 2.45) is 10.9 Å². The number of anilines is 1. The Hall–Kier alpha value is -1.05. The van der Waals surface area contributed by atoms with Crippen LogP contribution in [0.5, 0.6) is 0 Å². The van der Waals surface area contributed by atoms with Crippen molar-refractivity contribution in [1.82, 2.24) is 0 Å². The lowest BCUT2D eigenvalue weighted by molar-refractivity contribution is -0.121. The van der Waals surface area contributed by atoms with Crippen molar-refractivity contribution in [1.29, 1.82) is 0 Å². The second-order valence-electron chi connectivity index (χ2n) is 6.16. The van der Waals surface area contributed by atoms with Crippen LogP contribution < -0.4 is 4.90 Å². The largest absolute Gasteiger partial charge is 0.314 e. The fourth-order valence-corrected chi connectivity index (χ4v) is 7.01. The van der Waals surface area contributed by atoms with Crippen molar-refractivity contribution in [3.05, 3.63) is 29.3 Å². The van der Waals surface area contributed by atoms with E-state index >= 15 is 0 Å². The molecule has 1 amide bonds. The van der Waals surface area contributed by atoms with Crippen LogP contribution in [-0.4, -0.2) is 42.3 Å². The van der Waals surface area contributed by atoms with Crippen molar-refractivity contribution >= 4 is 50.0 Å². The highest BCUT2D eigenvalue weighted by Gasteiger charge is 2.49. The molecule has 0 saturated carbocycles. The minimum absolute atomic E-state index is 0.0619. The van der Waals surface area contributed by atoms with Crippen LogP contribution in [0.2, 0.25) is 5.02 Å². The third-order valence-electron chi connectivity index (χ3n) is 4.42. The first-order chi connectivity index (χ1) is 11.3. The number of sulfone groups is 1. The lowest BCUT2D eigenvalue weighted by Crippen LogP contribution is -2.38. The lowest BCUT2D eigenvalue weighted by atomic mass is 10.1. The summed E-state index contributed by atoms with van der Waals surface area (Å²) in [5.74, 6) is -0.165. The van der Waals surface area contributed by atoms with Gasteiger partial charge in [0, 0.05) is 11.2 Å². The Morgan fingerprint density at radius 1 is 1.42 bits per heavy atom. The van der Waals surface area contributed by atoms with Gasteiger partial charge in [-0.05, 0) is 18.6 Å². The van der Waals surface area contributed by atoms with Crippen LogP contribution in [0.25, 0.3) is 0 Å². The molecule has 1 aromatic rings. The molecule has 2 aliphatic heterocycles. The van der Waals surface area contributed by atoms with Crippen molar-refractivity contribution in [3.63, 3.8) is 0 Å². The third-order valence-corrected chi connectivity index (χ3v) is 7.95. The number of halogens is 1. The second-order valence-corrected chi connectivity index (χ2v) is 9.93. The molecule has 2 saturated heterocycles. The molecule has 2 heterocycles. The Kier molecular flexibility index (Phi) is 4.95. The van der Waals surface area contributed by atoms with Crippen molar-refractivity contribution < 1.29 is 13.2 Å². The zero-order valence-electron chi connectivity index (χ0n) is 13.5. The van der Waals surface area contributed by atoms with Gasteiger partial charge in [0.2, 0.25) is 0 Å². The number of benzene rings is 1. The maximum atomic E-state index is 12.3. The summed E-state index contributed by atoms with van der Waals surface area (Å²) >= 11 is 7.69. The van der Waals surface area contributed by atoms with Gasteiger partial charge >= 0.3 is 0 Å². The fraction of sp³-hybridized carbons (Fsp3) is 0.500. The first-order valence-corrected chi connectivity index (χ1v) is 10.9. The molecular weight excluding hydrogens is 368 g/mol. The zero-order valence-corrected chi connectivity index (χ0v) is 15.9.